The molecule has 0 unspecified atom stereocenters. The highest BCUT2D eigenvalue weighted by Gasteiger charge is 2.26. The lowest BCUT2D eigenvalue weighted by atomic mass is 9.94. The molecular formula is C41H42N2S4. The van der Waals surface area contributed by atoms with Crippen molar-refractivity contribution in [2.75, 3.05) is 0 Å². The molecule has 0 amide bonds. The van der Waals surface area contributed by atoms with Gasteiger partial charge in [0.05, 0.1) is 11.2 Å². The Hall–Kier alpha value is -3.16. The van der Waals surface area contributed by atoms with Crippen molar-refractivity contribution in [3.63, 3.8) is 0 Å². The molecule has 6 heterocycles. The second-order valence-electron chi connectivity index (χ2n) is 12.8. The van der Waals surface area contributed by atoms with Gasteiger partial charge in [-0.3, -0.25) is 0 Å². The van der Waals surface area contributed by atoms with E-state index in [0.29, 0.717) is 0 Å². The summed E-state index contributed by atoms with van der Waals surface area (Å²) in [5.74, 6) is 0. The Balaban J connectivity index is 1.30. The molecule has 7 aromatic rings. The summed E-state index contributed by atoms with van der Waals surface area (Å²) in [5.41, 5.74) is 8.31. The number of nitrogens with zero attached hydrogens (tertiary/aromatic N) is 2. The van der Waals surface area contributed by atoms with Crippen LogP contribution in [0.2, 0.25) is 0 Å². The summed E-state index contributed by atoms with van der Waals surface area (Å²) in [7, 11) is 0. The molecule has 0 spiro atoms. The van der Waals surface area contributed by atoms with E-state index in [9.17, 15) is 0 Å². The minimum atomic E-state index is 1.07. The molecule has 6 heteroatoms. The van der Waals surface area contributed by atoms with Gasteiger partial charge in [0.25, 0.3) is 0 Å². The van der Waals surface area contributed by atoms with Crippen LogP contribution in [-0.2, 0) is 6.42 Å². The smallest absolute Gasteiger partial charge is 0.130 e. The van der Waals surface area contributed by atoms with Crippen molar-refractivity contribution >= 4 is 110 Å². The minimum Gasteiger partial charge on any atom is -0.302 e. The highest BCUT2D eigenvalue weighted by molar-refractivity contribution is 7.29. The molecule has 0 saturated carbocycles. The minimum absolute atomic E-state index is 1.07. The number of thiophene rings is 4. The van der Waals surface area contributed by atoms with Crippen LogP contribution in [-0.4, -0.2) is 9.13 Å². The maximum absolute atomic E-state index is 2.54. The number of fused-ring (bicyclic) bond motifs is 7. The van der Waals surface area contributed by atoms with Crippen LogP contribution in [0.15, 0.2) is 65.4 Å². The summed E-state index contributed by atoms with van der Waals surface area (Å²) in [6, 6.07) is 16.6. The second kappa shape index (κ2) is 13.8. The molecule has 6 aromatic heterocycles. The summed E-state index contributed by atoms with van der Waals surface area (Å²) in [5, 5.41) is 7.23. The molecule has 1 aliphatic carbocycles. The third kappa shape index (κ3) is 5.92. The zero-order valence-corrected chi connectivity index (χ0v) is 30.7. The third-order valence-electron chi connectivity index (χ3n) is 9.62. The summed E-state index contributed by atoms with van der Waals surface area (Å²) in [6.45, 7) is 4.58. The Bertz CT molecular complexity index is 2210. The van der Waals surface area contributed by atoms with Gasteiger partial charge in [-0.05, 0) is 102 Å². The quantitative estimate of drug-likeness (QED) is 0.107. The molecule has 0 atom stereocenters. The molecule has 0 saturated heterocycles. The SMILES string of the molecule is CCCCC/C=C/n1c2cc(-c3cc4sccc4s3)ccc2c2c3c(n(/C=C/CCCCCC)c21)C=C(c1cc2sccc2s1)CC3. The van der Waals surface area contributed by atoms with Crippen LogP contribution in [0.5, 0.6) is 0 Å². The summed E-state index contributed by atoms with van der Waals surface area (Å²) < 4.78 is 10.7. The van der Waals surface area contributed by atoms with Crippen molar-refractivity contribution in [3.8, 4) is 10.4 Å². The normalized spacial score (nSPS) is 13.9. The number of aryl methyl sites for hydroxylation is 1. The fourth-order valence-electron chi connectivity index (χ4n) is 7.17. The Morgan fingerprint density at radius 1 is 0.681 bits per heavy atom. The number of allylic oxidation sites excluding steroid dienone is 3. The average molecular weight is 691 g/mol. The lowest BCUT2D eigenvalue weighted by molar-refractivity contribution is 0.674. The zero-order chi connectivity index (χ0) is 31.7. The molecule has 1 aromatic carbocycles. The van der Waals surface area contributed by atoms with Gasteiger partial charge in [-0.2, -0.15) is 0 Å². The summed E-state index contributed by atoms with van der Waals surface area (Å²) >= 11 is 7.57. The zero-order valence-electron chi connectivity index (χ0n) is 27.4. The van der Waals surface area contributed by atoms with Crippen LogP contribution in [0.1, 0.15) is 94.2 Å². The summed E-state index contributed by atoms with van der Waals surface area (Å²) in [6.07, 6.45) is 25.5. The van der Waals surface area contributed by atoms with E-state index in [1.807, 2.05) is 45.3 Å². The van der Waals surface area contributed by atoms with Crippen LogP contribution < -0.4 is 0 Å². The van der Waals surface area contributed by atoms with Crippen molar-refractivity contribution in [2.45, 2.75) is 84.5 Å². The Morgan fingerprint density at radius 3 is 2.11 bits per heavy atom. The first kappa shape index (κ1) is 31.1. The lowest BCUT2D eigenvalue weighted by Gasteiger charge is -2.15. The van der Waals surface area contributed by atoms with Gasteiger partial charge in [0.2, 0.25) is 0 Å². The van der Waals surface area contributed by atoms with Crippen LogP contribution in [0.4, 0.5) is 0 Å². The van der Waals surface area contributed by atoms with E-state index in [-0.39, 0.29) is 0 Å². The molecule has 240 valence electrons. The van der Waals surface area contributed by atoms with Gasteiger partial charge in [-0.25, -0.2) is 0 Å². The van der Waals surface area contributed by atoms with Crippen molar-refractivity contribution in [3.05, 3.63) is 81.5 Å². The Kier molecular flexibility index (Phi) is 9.11. The fourth-order valence-corrected chi connectivity index (χ4v) is 11.4. The molecule has 1 aliphatic rings. The fraction of sp³-hybridized carbons (Fsp3) is 0.317. The van der Waals surface area contributed by atoms with Gasteiger partial charge in [0.1, 0.15) is 5.65 Å². The Morgan fingerprint density at radius 2 is 1.36 bits per heavy atom. The van der Waals surface area contributed by atoms with Crippen molar-refractivity contribution in [1.29, 1.82) is 0 Å². The number of hydrogen-bond donors (Lipinski definition) is 0. The molecule has 47 heavy (non-hydrogen) atoms. The van der Waals surface area contributed by atoms with E-state index in [2.05, 4.69) is 107 Å². The van der Waals surface area contributed by atoms with Crippen molar-refractivity contribution < 1.29 is 0 Å². The van der Waals surface area contributed by atoms with Crippen LogP contribution in [0.3, 0.4) is 0 Å². The number of benzene rings is 1. The number of hydrogen-bond acceptors (Lipinski definition) is 4. The molecule has 0 aliphatic heterocycles. The molecular weight excluding hydrogens is 649 g/mol. The lowest BCUT2D eigenvalue weighted by Crippen LogP contribution is -2.02. The van der Waals surface area contributed by atoms with Crippen LogP contribution >= 0.6 is 45.3 Å². The molecule has 0 fully saturated rings. The monoisotopic (exact) mass is 690 g/mol. The highest BCUT2D eigenvalue weighted by atomic mass is 32.1. The highest BCUT2D eigenvalue weighted by Crippen LogP contribution is 2.45. The van der Waals surface area contributed by atoms with E-state index < -0.39 is 0 Å². The number of unbranched alkanes of at least 4 members (excludes halogenated alkanes) is 7. The van der Waals surface area contributed by atoms with Gasteiger partial charge in [-0.15, -0.1) is 45.3 Å². The average Bonchev–Trinajstić information content (AvgIpc) is 3.92. The second-order valence-corrected chi connectivity index (χ2v) is 16.9. The molecule has 0 radical (unpaired) electrons. The largest absolute Gasteiger partial charge is 0.302 e. The van der Waals surface area contributed by atoms with Gasteiger partial charge in [0, 0.05) is 51.7 Å². The van der Waals surface area contributed by atoms with Gasteiger partial charge in [0.15, 0.2) is 0 Å². The predicted molar refractivity (Wildman–Crippen MR) is 216 cm³/mol. The topological polar surface area (TPSA) is 9.86 Å². The first-order chi connectivity index (χ1) is 23.2. The van der Waals surface area contributed by atoms with E-state index in [4.69, 9.17) is 0 Å². The van der Waals surface area contributed by atoms with Crippen molar-refractivity contribution in [2.24, 2.45) is 0 Å². The van der Waals surface area contributed by atoms with E-state index >= 15 is 0 Å². The number of rotatable bonds is 13. The molecule has 8 rings (SSSR count). The molecule has 2 nitrogen and oxygen atoms in total. The van der Waals surface area contributed by atoms with Crippen LogP contribution in [0.25, 0.3) is 75.2 Å². The standard InChI is InChI=1S/C41H42N2S4/c1-3-5-7-9-11-13-21-43-33-25-29(37-27-39-35(47-37)19-23-45-39)15-17-31(33)40-30-16-14-28(36-26-38-34(46-36)18-22-44-38)24-32(30)42(41(40)43)20-12-10-8-6-4-2/h12-14,16,18-27H,3-11,15,17H2,1-2H3/b20-12+,21-13+. The van der Waals surface area contributed by atoms with E-state index in [1.165, 1.54) is 118 Å². The van der Waals surface area contributed by atoms with Gasteiger partial charge < -0.3 is 9.13 Å². The summed E-state index contributed by atoms with van der Waals surface area (Å²) in [4.78, 5) is 2.79. The predicted octanol–water partition coefficient (Wildman–Crippen LogP) is 14.8. The molecule has 0 bridgehead atoms. The maximum Gasteiger partial charge on any atom is 0.130 e. The Labute approximate surface area is 294 Å². The van der Waals surface area contributed by atoms with Crippen LogP contribution in [0, 0.1) is 0 Å². The van der Waals surface area contributed by atoms with E-state index in [1.54, 1.807) is 0 Å². The van der Waals surface area contributed by atoms with Crippen molar-refractivity contribution in [1.82, 2.24) is 9.13 Å². The van der Waals surface area contributed by atoms with Gasteiger partial charge >= 0.3 is 0 Å². The third-order valence-corrected chi connectivity index (χ3v) is 13.9. The first-order valence-corrected chi connectivity index (χ1v) is 20.8. The van der Waals surface area contributed by atoms with Gasteiger partial charge in [-0.1, -0.05) is 70.2 Å². The number of aromatic nitrogens is 2. The first-order valence-electron chi connectivity index (χ1n) is 17.4. The van der Waals surface area contributed by atoms with E-state index in [0.717, 1.165) is 25.7 Å². The maximum atomic E-state index is 2.54. The molecule has 0 N–H and O–H groups in total.